The molecule has 1 amide bonds. The summed E-state index contributed by atoms with van der Waals surface area (Å²) in [5.74, 6) is -0.225. The maximum Gasteiger partial charge on any atom is 0.238 e. The Morgan fingerprint density at radius 3 is 2.53 bits per heavy atom. The number of aromatic amines is 1. The zero-order valence-corrected chi connectivity index (χ0v) is 12.5. The second kappa shape index (κ2) is 6.18. The molecule has 108 valence electrons. The Hall–Kier alpha value is -1.37. The summed E-state index contributed by atoms with van der Waals surface area (Å²) in [5.41, 5.74) is 0.730. The molecule has 0 radical (unpaired) electrons. The number of amides is 1. The van der Waals surface area contributed by atoms with E-state index in [0.29, 0.717) is 13.0 Å². The summed E-state index contributed by atoms with van der Waals surface area (Å²) in [4.78, 5) is 18.4. The van der Waals surface area contributed by atoms with Crippen molar-refractivity contribution in [2.45, 2.75) is 44.5 Å². The van der Waals surface area contributed by atoms with Gasteiger partial charge >= 0.3 is 0 Å². The molecule has 1 rings (SSSR count). The lowest BCUT2D eigenvalue weighted by molar-refractivity contribution is -0.120. The van der Waals surface area contributed by atoms with E-state index in [4.69, 9.17) is 0 Å². The molecule has 1 aromatic rings. The number of aryl methyl sites for hydroxylation is 1. The van der Waals surface area contributed by atoms with E-state index in [0.717, 1.165) is 5.69 Å². The highest BCUT2D eigenvalue weighted by Gasteiger charge is 2.32. The van der Waals surface area contributed by atoms with Crippen LogP contribution in [0.15, 0.2) is 11.4 Å². The minimum atomic E-state index is -3.75. The first-order chi connectivity index (χ1) is 8.78. The summed E-state index contributed by atoms with van der Waals surface area (Å²) in [6.45, 7) is 7.61. The normalized spacial score (nSPS) is 13.5. The van der Waals surface area contributed by atoms with E-state index in [-0.39, 0.29) is 11.1 Å². The molecule has 1 atom stereocenters. The van der Waals surface area contributed by atoms with Gasteiger partial charge < -0.3 is 10.3 Å². The Morgan fingerprint density at radius 1 is 1.42 bits per heavy atom. The number of H-pyrrole nitrogens is 1. The van der Waals surface area contributed by atoms with Crippen molar-refractivity contribution >= 4 is 15.7 Å². The molecule has 2 N–H and O–H groups in total. The predicted molar refractivity (Wildman–Crippen MR) is 72.5 cm³/mol. The molecule has 0 aliphatic carbocycles. The fourth-order valence-electron chi connectivity index (χ4n) is 1.42. The number of rotatable bonds is 6. The van der Waals surface area contributed by atoms with Crippen molar-refractivity contribution in [3.05, 3.63) is 11.9 Å². The number of carbonyl (C=O) groups is 1. The molecule has 0 aliphatic rings. The number of sulfone groups is 1. The van der Waals surface area contributed by atoms with E-state index in [1.165, 1.54) is 13.1 Å². The van der Waals surface area contributed by atoms with E-state index in [1.807, 2.05) is 20.8 Å². The monoisotopic (exact) mass is 287 g/mol. The summed E-state index contributed by atoms with van der Waals surface area (Å²) in [6.07, 6.45) is 2.14. The number of hydrogen-bond donors (Lipinski definition) is 2. The van der Waals surface area contributed by atoms with Gasteiger partial charge in [0, 0.05) is 18.4 Å². The summed E-state index contributed by atoms with van der Waals surface area (Å²) >= 11 is 0. The lowest BCUT2D eigenvalue weighted by Crippen LogP contribution is -2.39. The molecule has 7 heteroatoms. The molecule has 6 nitrogen and oxygen atoms in total. The molecule has 0 spiro atoms. The van der Waals surface area contributed by atoms with Crippen LogP contribution in [0.5, 0.6) is 0 Å². The molecule has 19 heavy (non-hydrogen) atoms. The summed E-state index contributed by atoms with van der Waals surface area (Å²) in [7, 11) is -3.75. The van der Waals surface area contributed by atoms with Gasteiger partial charge in [-0.25, -0.2) is 13.4 Å². The van der Waals surface area contributed by atoms with Crippen LogP contribution < -0.4 is 5.32 Å². The molecule has 0 aliphatic heterocycles. The SMILES string of the molecule is CCc1cnc(S(=O)(=O)[C@@H](C)C(=O)NCC(C)C)[nH]1. The molecular weight excluding hydrogens is 266 g/mol. The van der Waals surface area contributed by atoms with Crippen molar-refractivity contribution in [1.29, 1.82) is 0 Å². The van der Waals surface area contributed by atoms with Gasteiger partial charge in [0.05, 0.1) is 0 Å². The summed E-state index contributed by atoms with van der Waals surface area (Å²) in [6, 6.07) is 0. The molecule has 1 heterocycles. The van der Waals surface area contributed by atoms with Crippen LogP contribution in [0.4, 0.5) is 0 Å². The minimum Gasteiger partial charge on any atom is -0.355 e. The molecule has 1 aromatic heterocycles. The van der Waals surface area contributed by atoms with Crippen LogP contribution in [0.25, 0.3) is 0 Å². The second-order valence-corrected chi connectivity index (χ2v) is 7.08. The Balaban J connectivity index is 2.84. The lowest BCUT2D eigenvalue weighted by atomic mass is 10.2. The van der Waals surface area contributed by atoms with Crippen molar-refractivity contribution in [2.75, 3.05) is 6.54 Å². The molecule has 0 unspecified atom stereocenters. The minimum absolute atomic E-state index is 0.142. The highest BCUT2D eigenvalue weighted by Crippen LogP contribution is 2.13. The van der Waals surface area contributed by atoms with Crippen molar-refractivity contribution in [3.8, 4) is 0 Å². The van der Waals surface area contributed by atoms with Gasteiger partial charge in [0.1, 0.15) is 5.25 Å². The highest BCUT2D eigenvalue weighted by molar-refractivity contribution is 7.92. The fraction of sp³-hybridized carbons (Fsp3) is 0.667. The smallest absolute Gasteiger partial charge is 0.238 e. The van der Waals surface area contributed by atoms with Crippen LogP contribution in [0.3, 0.4) is 0 Å². The van der Waals surface area contributed by atoms with E-state index >= 15 is 0 Å². The van der Waals surface area contributed by atoms with Crippen LogP contribution in [-0.2, 0) is 21.1 Å². The zero-order chi connectivity index (χ0) is 14.6. The van der Waals surface area contributed by atoms with Gasteiger partial charge in [0.2, 0.25) is 20.9 Å². The first-order valence-corrected chi connectivity index (χ1v) is 7.89. The number of nitrogens with one attached hydrogen (secondary N) is 2. The van der Waals surface area contributed by atoms with Crippen LogP contribution in [-0.4, -0.2) is 36.1 Å². The molecule has 0 saturated heterocycles. The largest absolute Gasteiger partial charge is 0.355 e. The standard InChI is InChI=1S/C12H21N3O3S/c1-5-10-7-14-12(15-10)19(17,18)9(4)11(16)13-6-8(2)3/h7-9H,5-6H2,1-4H3,(H,13,16)(H,14,15)/t9-/m0/s1. The number of imidazole rings is 1. The van der Waals surface area contributed by atoms with Crippen molar-refractivity contribution in [1.82, 2.24) is 15.3 Å². The fourth-order valence-corrected chi connectivity index (χ4v) is 2.59. The quantitative estimate of drug-likeness (QED) is 0.813. The average molecular weight is 287 g/mol. The Kier molecular flexibility index (Phi) is 5.11. The topological polar surface area (TPSA) is 91.9 Å². The summed E-state index contributed by atoms with van der Waals surface area (Å²) in [5, 5.41) is 1.33. The van der Waals surface area contributed by atoms with Crippen LogP contribution in [0.2, 0.25) is 0 Å². The number of nitrogens with zero attached hydrogens (tertiary/aromatic N) is 1. The average Bonchev–Trinajstić information content (AvgIpc) is 2.84. The maximum atomic E-state index is 12.2. The maximum absolute atomic E-state index is 12.2. The van der Waals surface area contributed by atoms with Gasteiger partial charge in [0.25, 0.3) is 0 Å². The van der Waals surface area contributed by atoms with Gasteiger partial charge in [-0.05, 0) is 19.3 Å². The van der Waals surface area contributed by atoms with Crippen molar-refractivity contribution in [3.63, 3.8) is 0 Å². The third kappa shape index (κ3) is 3.79. The van der Waals surface area contributed by atoms with E-state index < -0.39 is 21.0 Å². The molecule has 0 saturated carbocycles. The predicted octanol–water partition coefficient (Wildman–Crippen LogP) is 0.906. The van der Waals surface area contributed by atoms with E-state index in [2.05, 4.69) is 15.3 Å². The molecule has 0 fully saturated rings. The van der Waals surface area contributed by atoms with E-state index in [9.17, 15) is 13.2 Å². The van der Waals surface area contributed by atoms with Crippen molar-refractivity contribution in [2.24, 2.45) is 5.92 Å². The Bertz CT molecular complexity index is 534. The van der Waals surface area contributed by atoms with Gasteiger partial charge in [-0.3, -0.25) is 4.79 Å². The molecular formula is C12H21N3O3S. The lowest BCUT2D eigenvalue weighted by Gasteiger charge is -2.13. The number of aromatic nitrogens is 2. The Morgan fingerprint density at radius 2 is 2.05 bits per heavy atom. The van der Waals surface area contributed by atoms with Gasteiger partial charge in [0.15, 0.2) is 0 Å². The highest BCUT2D eigenvalue weighted by atomic mass is 32.2. The van der Waals surface area contributed by atoms with Gasteiger partial charge in [-0.1, -0.05) is 20.8 Å². The van der Waals surface area contributed by atoms with Crippen LogP contribution in [0.1, 0.15) is 33.4 Å². The Labute approximate surface area is 113 Å². The molecule has 0 bridgehead atoms. The third-order valence-electron chi connectivity index (χ3n) is 2.77. The zero-order valence-electron chi connectivity index (χ0n) is 11.7. The van der Waals surface area contributed by atoms with Crippen LogP contribution in [0, 0.1) is 5.92 Å². The molecule has 0 aromatic carbocycles. The van der Waals surface area contributed by atoms with E-state index in [1.54, 1.807) is 0 Å². The number of hydrogen-bond acceptors (Lipinski definition) is 4. The first kappa shape index (κ1) is 15.7. The van der Waals surface area contributed by atoms with Crippen LogP contribution >= 0.6 is 0 Å². The van der Waals surface area contributed by atoms with Gasteiger partial charge in [-0.15, -0.1) is 0 Å². The number of carbonyl (C=O) groups excluding carboxylic acids is 1. The first-order valence-electron chi connectivity index (χ1n) is 6.34. The van der Waals surface area contributed by atoms with Gasteiger partial charge in [-0.2, -0.15) is 0 Å². The summed E-state index contributed by atoms with van der Waals surface area (Å²) < 4.78 is 24.4. The van der Waals surface area contributed by atoms with Crippen molar-refractivity contribution < 1.29 is 13.2 Å². The second-order valence-electron chi connectivity index (χ2n) is 4.89. The third-order valence-corrected chi connectivity index (χ3v) is 4.67.